The van der Waals surface area contributed by atoms with Crippen LogP contribution in [0.25, 0.3) is 163 Å². The van der Waals surface area contributed by atoms with Gasteiger partial charge in [-0.15, -0.1) is 34.0 Å². The molecule has 21 rings (SSSR count). The minimum absolute atomic E-state index is 0.264. The van der Waals surface area contributed by atoms with Gasteiger partial charge in [-0.1, -0.05) is 156 Å². The van der Waals surface area contributed by atoms with Crippen molar-refractivity contribution in [1.29, 1.82) is 0 Å². The summed E-state index contributed by atoms with van der Waals surface area (Å²) in [6, 6.07) is 97.9. The molecular weight excluding hydrogens is 1660 g/mol. The fraction of sp³-hybridized carbons (Fsp3) is 0.0680. The topological polar surface area (TPSA) is 241 Å². The number of carbonyl (C=O) groups is 1. The third-order valence-corrected chi connectivity index (χ3v) is 24.1. The Kier molecular flexibility index (Phi) is 24.1. The average molecular weight is 1730 g/mol. The second-order valence-electron chi connectivity index (χ2n) is 28.5. The lowest BCUT2D eigenvalue weighted by Gasteiger charge is -2.05. The molecule has 0 saturated heterocycles. The number of halogens is 1. The first-order chi connectivity index (χ1) is 60.9. The molecule has 11 heterocycles. The SMILES string of the molecule is CCOC(=O)c1cccc(-c2ccc(-c3cc(=O)oc4cc(OC)ccc34)o2)c1.COc1ccc2c(-c3ccc(-c4ccc(C)cc4)o3)cc(=O)oc2c1.Cc1cccc(-c2ccc(-c3cc(=O)oc4ccccc34)s2)c1.O=c1cc(-c2ccc(-c3ccc4c(c3)OCO4)s2)c2ccccc2o1.O=c1cc(-c2ccc(-c3ccccc3Cl)s2)c2ccccc2o1. The molecule has 125 heavy (non-hydrogen) atoms. The highest BCUT2D eigenvalue weighted by atomic mass is 35.5. The van der Waals surface area contributed by atoms with E-state index >= 15 is 0 Å². The van der Waals surface area contributed by atoms with Crippen molar-refractivity contribution in [2.45, 2.75) is 20.8 Å². The van der Waals surface area contributed by atoms with E-state index in [0.717, 1.165) is 113 Å². The maximum Gasteiger partial charge on any atom is 0.338 e. The van der Waals surface area contributed by atoms with Gasteiger partial charge in [-0.05, 0) is 171 Å². The molecule has 0 saturated carbocycles. The number of hydrogen-bond donors (Lipinski definition) is 0. The van der Waals surface area contributed by atoms with Gasteiger partial charge in [0.2, 0.25) is 6.79 Å². The minimum Gasteiger partial charge on any atom is -0.497 e. The number of ether oxygens (including phenoxy) is 5. The van der Waals surface area contributed by atoms with Crippen LogP contribution in [0.5, 0.6) is 23.0 Å². The summed E-state index contributed by atoms with van der Waals surface area (Å²) in [5.74, 6) is 4.84. The van der Waals surface area contributed by atoms with Crippen molar-refractivity contribution in [2.75, 3.05) is 27.6 Å². The molecule has 10 aromatic heterocycles. The molecule has 0 fully saturated rings. The normalized spacial score (nSPS) is 11.3. The highest BCUT2D eigenvalue weighted by Crippen LogP contribution is 2.45. The lowest BCUT2D eigenvalue weighted by Crippen LogP contribution is -2.04. The van der Waals surface area contributed by atoms with E-state index in [9.17, 15) is 28.8 Å². The van der Waals surface area contributed by atoms with Crippen molar-refractivity contribution in [3.63, 3.8) is 0 Å². The molecule has 10 aromatic carbocycles. The molecular formula is C103H71ClO18S3. The van der Waals surface area contributed by atoms with Gasteiger partial charge in [0.25, 0.3) is 0 Å². The van der Waals surface area contributed by atoms with Crippen molar-refractivity contribution in [3.05, 3.63) is 389 Å². The first kappa shape index (κ1) is 82.2. The fourth-order valence-electron chi connectivity index (χ4n) is 14.3. The van der Waals surface area contributed by atoms with E-state index in [-0.39, 0.29) is 29.6 Å². The van der Waals surface area contributed by atoms with Gasteiger partial charge in [0.05, 0.1) is 26.4 Å². The summed E-state index contributed by atoms with van der Waals surface area (Å²) in [5, 5.41) is 5.07. The summed E-state index contributed by atoms with van der Waals surface area (Å²) in [6.45, 7) is 6.47. The Morgan fingerprint density at radius 3 is 1.23 bits per heavy atom. The van der Waals surface area contributed by atoms with Crippen LogP contribution < -0.4 is 47.1 Å². The Balaban J connectivity index is 0.000000111. The molecule has 0 bridgehead atoms. The second kappa shape index (κ2) is 36.7. The lowest BCUT2D eigenvalue weighted by molar-refractivity contribution is 0.0526. The second-order valence-corrected chi connectivity index (χ2v) is 32.2. The maximum absolute atomic E-state index is 12.0. The van der Waals surface area contributed by atoms with Gasteiger partial charge in [-0.3, -0.25) is 0 Å². The van der Waals surface area contributed by atoms with Gasteiger partial charge >= 0.3 is 34.1 Å². The van der Waals surface area contributed by atoms with Crippen molar-refractivity contribution in [2.24, 2.45) is 0 Å². The van der Waals surface area contributed by atoms with E-state index in [2.05, 4.69) is 49.4 Å². The van der Waals surface area contributed by atoms with Crippen LogP contribution in [-0.2, 0) is 4.74 Å². The fourth-order valence-corrected chi connectivity index (χ4v) is 17.7. The molecule has 20 aromatic rings. The molecule has 616 valence electrons. The molecule has 0 radical (unpaired) electrons. The predicted octanol–water partition coefficient (Wildman–Crippen LogP) is 26.2. The summed E-state index contributed by atoms with van der Waals surface area (Å²) in [7, 11) is 3.12. The van der Waals surface area contributed by atoms with Gasteiger partial charge in [0.1, 0.15) is 62.5 Å². The number of para-hydroxylation sites is 3. The van der Waals surface area contributed by atoms with Crippen LogP contribution in [0.3, 0.4) is 0 Å². The average Bonchev–Trinajstić information content (AvgIpc) is 1.77. The quantitative estimate of drug-likeness (QED) is 0.0726. The number of hydrogen-bond acceptors (Lipinski definition) is 21. The Morgan fingerprint density at radius 1 is 0.320 bits per heavy atom. The van der Waals surface area contributed by atoms with Crippen LogP contribution in [0.2, 0.25) is 5.02 Å². The smallest absolute Gasteiger partial charge is 0.338 e. The highest BCUT2D eigenvalue weighted by molar-refractivity contribution is 7.19. The molecule has 0 aliphatic carbocycles. The maximum atomic E-state index is 12.0. The first-order valence-corrected chi connectivity index (χ1v) is 42.2. The number of thiophene rings is 3. The van der Waals surface area contributed by atoms with Crippen LogP contribution in [0.4, 0.5) is 0 Å². The van der Waals surface area contributed by atoms with Gasteiger partial charge in [-0.2, -0.15) is 0 Å². The van der Waals surface area contributed by atoms with E-state index in [4.69, 9.17) is 66.2 Å². The van der Waals surface area contributed by atoms with Gasteiger partial charge in [-0.25, -0.2) is 28.8 Å². The largest absolute Gasteiger partial charge is 0.497 e. The zero-order valence-corrected chi connectivity index (χ0v) is 70.6. The number of aryl methyl sites for hydroxylation is 2. The van der Waals surface area contributed by atoms with Crippen molar-refractivity contribution in [1.82, 2.24) is 0 Å². The Morgan fingerprint density at radius 2 is 0.728 bits per heavy atom. The van der Waals surface area contributed by atoms with Crippen molar-refractivity contribution >= 4 is 106 Å². The summed E-state index contributed by atoms with van der Waals surface area (Å²) < 4.78 is 64.7. The molecule has 1 aliphatic heterocycles. The third-order valence-electron chi connectivity index (χ3n) is 20.3. The minimum atomic E-state index is -0.483. The number of carbonyl (C=O) groups excluding carboxylic acids is 1. The van der Waals surface area contributed by atoms with E-state index in [1.165, 1.54) is 33.7 Å². The number of benzene rings is 10. The molecule has 0 unspecified atom stereocenters. The first-order valence-electron chi connectivity index (χ1n) is 39.3. The number of furan rings is 2. The van der Waals surface area contributed by atoms with Crippen LogP contribution >= 0.6 is 45.6 Å². The van der Waals surface area contributed by atoms with Gasteiger partial charge in [0.15, 0.2) is 11.5 Å². The number of rotatable bonds is 14. The molecule has 0 amide bonds. The zero-order valence-electron chi connectivity index (χ0n) is 67.4. The Bertz CT molecular complexity index is 7740. The summed E-state index contributed by atoms with van der Waals surface area (Å²) in [6.07, 6.45) is 0. The monoisotopic (exact) mass is 1730 g/mol. The predicted molar refractivity (Wildman–Crippen MR) is 495 cm³/mol. The van der Waals surface area contributed by atoms with Gasteiger partial charge in [0, 0.05) is 148 Å². The standard InChI is InChI=1S/C23H18O6.C21H16O4.C20H12O4S.C20H14O2S.C19H11ClO2S/c1-3-27-23(25)15-6-4-5-14(11-15)19-9-10-20(28-19)18-13-22(24)29-21-12-16(26-2)7-8-17(18)21;1-13-3-5-14(6-4-13)18-9-10-19(24-18)17-12-21(22)25-20-11-15(23-2)7-8-16(17)20;21-20-10-14(13-3-1-2-4-15(13)24-20)19-8-7-18(25-19)12-5-6-16-17(9-12)23-11-22-16;1-13-5-4-6-14(11-13)18-9-10-19(23-18)16-12-20(21)22-17-8-3-2-7-15(16)17;20-15-7-3-1-6-13(15)17-9-10-18(23-17)14-11-19(21)22-16-8-4-2-5-12(14)16/h4-13H,3H2,1-2H3;3-12H,1-2H3;1-10H,11H2;2-12H,1H3;1-11H. The van der Waals surface area contributed by atoms with Gasteiger partial charge < -0.3 is 54.6 Å². The molecule has 0 atom stereocenters. The van der Waals surface area contributed by atoms with E-state index < -0.39 is 11.3 Å². The molecule has 0 N–H and O–H groups in total. The van der Waals surface area contributed by atoms with Crippen LogP contribution in [0, 0.1) is 13.8 Å². The molecule has 18 nitrogen and oxygen atoms in total. The van der Waals surface area contributed by atoms with E-state index in [1.807, 2.05) is 201 Å². The highest BCUT2D eigenvalue weighted by Gasteiger charge is 2.21. The number of methoxy groups -OCH3 is 2. The molecule has 22 heteroatoms. The lowest BCUT2D eigenvalue weighted by atomic mass is 10.1. The van der Waals surface area contributed by atoms with Crippen molar-refractivity contribution in [3.8, 4) is 131 Å². The van der Waals surface area contributed by atoms with Crippen LogP contribution in [0.1, 0.15) is 28.4 Å². The Hall–Kier alpha value is -15.1. The Labute approximate surface area is 729 Å². The molecule has 1 aliphatic rings. The summed E-state index contributed by atoms with van der Waals surface area (Å²) in [4.78, 5) is 78.0. The number of esters is 1. The van der Waals surface area contributed by atoms with Crippen molar-refractivity contribution < 1.29 is 59.4 Å². The third kappa shape index (κ3) is 18.4. The van der Waals surface area contributed by atoms with Crippen LogP contribution in [0.15, 0.2) is 370 Å². The molecule has 0 spiro atoms. The zero-order chi connectivity index (χ0) is 86.2. The van der Waals surface area contributed by atoms with E-state index in [0.29, 0.717) is 80.0 Å². The van der Waals surface area contributed by atoms with Crippen LogP contribution in [-0.4, -0.2) is 33.6 Å². The summed E-state index contributed by atoms with van der Waals surface area (Å²) >= 11 is 11.2. The number of fused-ring (bicyclic) bond motifs is 6. The summed E-state index contributed by atoms with van der Waals surface area (Å²) in [5.41, 5.74) is 12.7. The van der Waals surface area contributed by atoms with E-state index in [1.54, 1.807) is 122 Å².